The molecule has 1 rings (SSSR count). The van der Waals surface area contributed by atoms with E-state index in [-0.39, 0.29) is 19.3 Å². The highest BCUT2D eigenvalue weighted by Gasteiger charge is 2.04. The number of hydrogen-bond acceptors (Lipinski definition) is 3. The first-order valence-electron chi connectivity index (χ1n) is 4.87. The minimum Gasteiger partial charge on any atom is -0.395 e. The Morgan fingerprint density at radius 1 is 1.33 bits per heavy atom. The molecule has 0 saturated carbocycles. The summed E-state index contributed by atoms with van der Waals surface area (Å²) in [6.07, 6.45) is 0. The van der Waals surface area contributed by atoms with E-state index in [9.17, 15) is 0 Å². The van der Waals surface area contributed by atoms with Gasteiger partial charge in [-0.1, -0.05) is 23.7 Å². The molecule has 0 unspecified atom stereocenters. The van der Waals surface area contributed by atoms with Gasteiger partial charge in [-0.2, -0.15) is 0 Å². The fourth-order valence-corrected chi connectivity index (χ4v) is 1.38. The second-order valence-electron chi connectivity index (χ2n) is 3.53. The highest BCUT2D eigenvalue weighted by Crippen LogP contribution is 2.16. The summed E-state index contributed by atoms with van der Waals surface area (Å²) in [6, 6.07) is 5.50. The van der Waals surface area contributed by atoms with Gasteiger partial charge in [0.05, 0.1) is 19.3 Å². The summed E-state index contributed by atoms with van der Waals surface area (Å²) in [5.74, 6) is 0. The SMILES string of the molecule is Cc1cc(CNC(CO)CO)ccc1Cl. The number of aryl methyl sites for hydroxylation is 1. The van der Waals surface area contributed by atoms with Crippen LogP contribution in [0.15, 0.2) is 18.2 Å². The molecule has 0 fully saturated rings. The topological polar surface area (TPSA) is 52.5 Å². The summed E-state index contributed by atoms with van der Waals surface area (Å²) in [6.45, 7) is 2.43. The number of nitrogens with one attached hydrogen (secondary N) is 1. The highest BCUT2D eigenvalue weighted by molar-refractivity contribution is 6.31. The molecule has 4 heteroatoms. The lowest BCUT2D eigenvalue weighted by Gasteiger charge is -2.13. The largest absolute Gasteiger partial charge is 0.395 e. The number of aliphatic hydroxyl groups is 2. The van der Waals surface area contributed by atoms with Crippen LogP contribution in [0.5, 0.6) is 0 Å². The predicted octanol–water partition coefficient (Wildman–Crippen LogP) is 1.09. The van der Waals surface area contributed by atoms with E-state index in [1.807, 2.05) is 25.1 Å². The summed E-state index contributed by atoms with van der Waals surface area (Å²) in [5.41, 5.74) is 2.12. The molecule has 84 valence electrons. The van der Waals surface area contributed by atoms with Crippen LogP contribution in [0.25, 0.3) is 0 Å². The van der Waals surface area contributed by atoms with Gasteiger partial charge in [-0.15, -0.1) is 0 Å². The number of aliphatic hydroxyl groups excluding tert-OH is 2. The van der Waals surface area contributed by atoms with Gasteiger partial charge in [-0.05, 0) is 24.1 Å². The van der Waals surface area contributed by atoms with Crippen LogP contribution in [0, 0.1) is 6.92 Å². The second kappa shape index (κ2) is 6.08. The Balaban J connectivity index is 2.54. The Bertz CT molecular complexity index is 313. The highest BCUT2D eigenvalue weighted by atomic mass is 35.5. The molecule has 0 aliphatic carbocycles. The third kappa shape index (κ3) is 3.80. The van der Waals surface area contributed by atoms with E-state index in [0.29, 0.717) is 6.54 Å². The second-order valence-corrected chi connectivity index (χ2v) is 3.93. The average molecular weight is 230 g/mol. The zero-order valence-electron chi connectivity index (χ0n) is 8.70. The average Bonchev–Trinajstić information content (AvgIpc) is 2.24. The first-order chi connectivity index (χ1) is 7.17. The molecular formula is C11H16ClNO2. The molecular weight excluding hydrogens is 214 g/mol. The minimum absolute atomic E-state index is 0.0664. The first-order valence-corrected chi connectivity index (χ1v) is 5.25. The van der Waals surface area contributed by atoms with Gasteiger partial charge < -0.3 is 15.5 Å². The van der Waals surface area contributed by atoms with Crippen LogP contribution in [0.2, 0.25) is 5.02 Å². The Labute approximate surface area is 94.7 Å². The molecule has 0 amide bonds. The van der Waals surface area contributed by atoms with E-state index in [2.05, 4.69) is 5.32 Å². The van der Waals surface area contributed by atoms with Crippen LogP contribution in [0.4, 0.5) is 0 Å². The van der Waals surface area contributed by atoms with E-state index in [0.717, 1.165) is 16.1 Å². The van der Waals surface area contributed by atoms with E-state index in [1.165, 1.54) is 0 Å². The predicted molar refractivity (Wildman–Crippen MR) is 61.0 cm³/mol. The fourth-order valence-electron chi connectivity index (χ4n) is 1.27. The van der Waals surface area contributed by atoms with Gasteiger partial charge in [-0.25, -0.2) is 0 Å². The molecule has 0 spiro atoms. The Morgan fingerprint density at radius 2 is 2.00 bits per heavy atom. The lowest BCUT2D eigenvalue weighted by molar-refractivity contribution is 0.170. The van der Waals surface area contributed by atoms with Crippen molar-refractivity contribution in [2.45, 2.75) is 19.5 Å². The van der Waals surface area contributed by atoms with Crippen LogP contribution < -0.4 is 5.32 Å². The van der Waals surface area contributed by atoms with Crippen LogP contribution in [0.3, 0.4) is 0 Å². The Kier molecular flexibility index (Phi) is 5.05. The summed E-state index contributed by atoms with van der Waals surface area (Å²) >= 11 is 5.90. The van der Waals surface area contributed by atoms with Gasteiger partial charge in [0.2, 0.25) is 0 Å². The summed E-state index contributed by atoms with van der Waals surface area (Å²) < 4.78 is 0. The molecule has 1 aromatic rings. The molecule has 0 bridgehead atoms. The fraction of sp³-hybridized carbons (Fsp3) is 0.455. The summed E-state index contributed by atoms with van der Waals surface area (Å²) in [5, 5.41) is 21.5. The number of hydrogen-bond donors (Lipinski definition) is 3. The van der Waals surface area contributed by atoms with Gasteiger partial charge >= 0.3 is 0 Å². The van der Waals surface area contributed by atoms with Crippen LogP contribution >= 0.6 is 11.6 Å². The third-order valence-electron chi connectivity index (χ3n) is 2.26. The van der Waals surface area contributed by atoms with Gasteiger partial charge in [0.25, 0.3) is 0 Å². The maximum absolute atomic E-state index is 8.86. The van der Waals surface area contributed by atoms with Crippen molar-refractivity contribution < 1.29 is 10.2 Å². The zero-order valence-corrected chi connectivity index (χ0v) is 9.46. The van der Waals surface area contributed by atoms with E-state index >= 15 is 0 Å². The van der Waals surface area contributed by atoms with Gasteiger partial charge in [0, 0.05) is 11.6 Å². The van der Waals surface area contributed by atoms with Crippen molar-refractivity contribution in [2.24, 2.45) is 0 Å². The van der Waals surface area contributed by atoms with Crippen LogP contribution in [0.1, 0.15) is 11.1 Å². The number of halogens is 1. The van der Waals surface area contributed by atoms with E-state index < -0.39 is 0 Å². The number of rotatable bonds is 5. The van der Waals surface area contributed by atoms with Crippen LogP contribution in [-0.4, -0.2) is 29.5 Å². The van der Waals surface area contributed by atoms with Crippen molar-refractivity contribution in [1.82, 2.24) is 5.32 Å². The van der Waals surface area contributed by atoms with E-state index in [4.69, 9.17) is 21.8 Å². The van der Waals surface area contributed by atoms with Crippen LogP contribution in [-0.2, 0) is 6.54 Å². The molecule has 1 aromatic carbocycles. The first kappa shape index (κ1) is 12.5. The van der Waals surface area contributed by atoms with Crippen molar-refractivity contribution >= 4 is 11.6 Å². The molecule has 0 aromatic heterocycles. The molecule has 0 aliphatic rings. The third-order valence-corrected chi connectivity index (χ3v) is 2.68. The van der Waals surface area contributed by atoms with Crippen molar-refractivity contribution in [3.8, 4) is 0 Å². The standard InChI is InChI=1S/C11H16ClNO2/c1-8-4-9(2-3-11(8)12)5-13-10(6-14)7-15/h2-4,10,13-15H,5-7H2,1H3. The Hall–Kier alpha value is -0.610. The molecule has 0 aliphatic heterocycles. The maximum Gasteiger partial charge on any atom is 0.0607 e. The van der Waals surface area contributed by atoms with Gasteiger partial charge in [-0.3, -0.25) is 0 Å². The monoisotopic (exact) mass is 229 g/mol. The molecule has 0 atom stereocenters. The van der Waals surface area contributed by atoms with Crippen molar-refractivity contribution in [2.75, 3.05) is 13.2 Å². The summed E-state index contributed by atoms with van der Waals surface area (Å²) in [7, 11) is 0. The molecule has 3 nitrogen and oxygen atoms in total. The molecule has 3 N–H and O–H groups in total. The van der Waals surface area contributed by atoms with Crippen molar-refractivity contribution in [3.63, 3.8) is 0 Å². The molecule has 0 heterocycles. The number of benzene rings is 1. The normalized spacial score (nSPS) is 11.0. The van der Waals surface area contributed by atoms with E-state index in [1.54, 1.807) is 0 Å². The molecule has 0 radical (unpaired) electrons. The maximum atomic E-state index is 8.86. The van der Waals surface area contributed by atoms with Crippen molar-refractivity contribution in [1.29, 1.82) is 0 Å². The minimum atomic E-state index is -0.263. The quantitative estimate of drug-likeness (QED) is 0.709. The lowest BCUT2D eigenvalue weighted by atomic mass is 10.1. The Morgan fingerprint density at radius 3 is 2.53 bits per heavy atom. The van der Waals surface area contributed by atoms with Gasteiger partial charge in [0.1, 0.15) is 0 Å². The zero-order chi connectivity index (χ0) is 11.3. The molecule has 0 saturated heterocycles. The lowest BCUT2D eigenvalue weighted by Crippen LogP contribution is -2.35. The van der Waals surface area contributed by atoms with Crippen molar-refractivity contribution in [3.05, 3.63) is 34.3 Å². The summed E-state index contributed by atoms with van der Waals surface area (Å²) in [4.78, 5) is 0. The molecule has 15 heavy (non-hydrogen) atoms. The smallest absolute Gasteiger partial charge is 0.0607 e. The van der Waals surface area contributed by atoms with Gasteiger partial charge in [0.15, 0.2) is 0 Å².